The van der Waals surface area contributed by atoms with Crippen molar-refractivity contribution < 1.29 is 32.9 Å². The van der Waals surface area contributed by atoms with E-state index in [-0.39, 0.29) is 18.5 Å². The van der Waals surface area contributed by atoms with Crippen LogP contribution in [0.5, 0.6) is 0 Å². The van der Waals surface area contributed by atoms with Crippen molar-refractivity contribution in [3.05, 3.63) is 12.2 Å². The van der Waals surface area contributed by atoms with Crippen LogP contribution in [0.15, 0.2) is 12.2 Å². The zero-order valence-corrected chi connectivity index (χ0v) is 12.9. The van der Waals surface area contributed by atoms with Gasteiger partial charge in [-0.2, -0.15) is 0 Å². The number of rotatable bonds is 7. The zero-order chi connectivity index (χ0) is 15.5. The first-order chi connectivity index (χ1) is 8.30. The standard InChI is InChI=1S/C11H22NO6P/c1-7-11(8-12(4,5)6,18-19(14,15)16)17-10(13)9(2)3/h2,7-8H2,1,3-6H3,(H-,14,15,16)/p+1. The van der Waals surface area contributed by atoms with E-state index in [1.807, 2.05) is 0 Å². The molecule has 0 saturated heterocycles. The number of quaternary nitrogens is 1. The maximum atomic E-state index is 11.6. The second-order valence-corrected chi connectivity index (χ2v) is 6.63. The third kappa shape index (κ3) is 7.44. The molecule has 0 spiro atoms. The fraction of sp³-hybridized carbons (Fsp3) is 0.727. The molecule has 0 fully saturated rings. The highest BCUT2D eigenvalue weighted by molar-refractivity contribution is 7.46. The van der Waals surface area contributed by atoms with Gasteiger partial charge in [0.25, 0.3) is 5.79 Å². The number of phosphoric ester groups is 1. The Labute approximate surface area is 113 Å². The summed E-state index contributed by atoms with van der Waals surface area (Å²) in [5.41, 5.74) is 0.133. The van der Waals surface area contributed by atoms with E-state index in [0.717, 1.165) is 0 Å². The molecule has 8 heteroatoms. The van der Waals surface area contributed by atoms with Crippen LogP contribution in [0.25, 0.3) is 0 Å². The predicted octanol–water partition coefficient (Wildman–Crippen LogP) is 1.03. The minimum Gasteiger partial charge on any atom is -0.423 e. The van der Waals surface area contributed by atoms with E-state index < -0.39 is 19.6 Å². The maximum absolute atomic E-state index is 11.6. The van der Waals surface area contributed by atoms with E-state index in [1.165, 1.54) is 6.92 Å². The molecule has 0 heterocycles. The van der Waals surface area contributed by atoms with Gasteiger partial charge in [-0.15, -0.1) is 0 Å². The van der Waals surface area contributed by atoms with Gasteiger partial charge in [0.1, 0.15) is 6.54 Å². The molecule has 1 unspecified atom stereocenters. The number of carbonyl (C=O) groups is 1. The van der Waals surface area contributed by atoms with Crippen LogP contribution in [0.1, 0.15) is 20.3 Å². The van der Waals surface area contributed by atoms with E-state index in [1.54, 1.807) is 28.1 Å². The summed E-state index contributed by atoms with van der Waals surface area (Å²) in [6.07, 6.45) is 0.104. The van der Waals surface area contributed by atoms with E-state index in [0.29, 0.717) is 4.48 Å². The van der Waals surface area contributed by atoms with Crippen LogP contribution in [-0.4, -0.2) is 53.7 Å². The maximum Gasteiger partial charge on any atom is 0.473 e. The molecule has 0 saturated carbocycles. The van der Waals surface area contributed by atoms with Gasteiger partial charge in [0, 0.05) is 12.0 Å². The third-order valence-electron chi connectivity index (χ3n) is 2.17. The molecule has 0 aliphatic rings. The number of hydrogen-bond donors (Lipinski definition) is 2. The third-order valence-corrected chi connectivity index (χ3v) is 2.74. The Morgan fingerprint density at radius 3 is 2.11 bits per heavy atom. The number of phosphoric acid groups is 1. The Bertz CT molecular complexity index is 396. The van der Waals surface area contributed by atoms with Gasteiger partial charge in [-0.25, -0.2) is 13.9 Å². The molecule has 0 aliphatic carbocycles. The fourth-order valence-electron chi connectivity index (χ4n) is 1.52. The fourth-order valence-corrected chi connectivity index (χ4v) is 2.18. The monoisotopic (exact) mass is 296 g/mol. The minimum absolute atomic E-state index is 0.0909. The molecule has 0 radical (unpaired) electrons. The van der Waals surface area contributed by atoms with Crippen molar-refractivity contribution in [3.63, 3.8) is 0 Å². The smallest absolute Gasteiger partial charge is 0.423 e. The van der Waals surface area contributed by atoms with Gasteiger partial charge >= 0.3 is 13.8 Å². The van der Waals surface area contributed by atoms with Crippen molar-refractivity contribution in [2.75, 3.05) is 27.7 Å². The first-order valence-corrected chi connectivity index (χ1v) is 7.29. The van der Waals surface area contributed by atoms with Gasteiger partial charge in [0.05, 0.1) is 21.1 Å². The van der Waals surface area contributed by atoms with Gasteiger partial charge < -0.3 is 19.0 Å². The predicted molar refractivity (Wildman–Crippen MR) is 70.0 cm³/mol. The number of ether oxygens (including phenoxy) is 1. The lowest BCUT2D eigenvalue weighted by molar-refractivity contribution is -0.880. The summed E-state index contributed by atoms with van der Waals surface area (Å²) < 4.78 is 21.3. The zero-order valence-electron chi connectivity index (χ0n) is 12.0. The van der Waals surface area contributed by atoms with Crippen LogP contribution in [0.3, 0.4) is 0 Å². The van der Waals surface area contributed by atoms with Crippen LogP contribution in [-0.2, 0) is 18.6 Å². The lowest BCUT2D eigenvalue weighted by Crippen LogP contribution is -2.52. The molecule has 0 amide bonds. The largest absolute Gasteiger partial charge is 0.473 e. The van der Waals surface area contributed by atoms with E-state index in [9.17, 15) is 9.36 Å². The van der Waals surface area contributed by atoms with Crippen molar-refractivity contribution in [2.24, 2.45) is 0 Å². The number of carbonyl (C=O) groups excluding carboxylic acids is 1. The molecule has 2 N–H and O–H groups in total. The van der Waals surface area contributed by atoms with Crippen LogP contribution in [0.2, 0.25) is 0 Å². The Kier molecular flexibility index (Phi) is 5.92. The first kappa shape index (κ1) is 18.3. The Morgan fingerprint density at radius 2 is 1.84 bits per heavy atom. The summed E-state index contributed by atoms with van der Waals surface area (Å²) in [6.45, 7) is 6.60. The van der Waals surface area contributed by atoms with E-state index >= 15 is 0 Å². The minimum atomic E-state index is -4.79. The highest BCUT2D eigenvalue weighted by atomic mass is 31.2. The summed E-state index contributed by atoms with van der Waals surface area (Å²) in [7, 11) is 0.588. The van der Waals surface area contributed by atoms with Gasteiger partial charge in [0.15, 0.2) is 0 Å². The molecule has 1 atom stereocenters. The Balaban J connectivity index is 5.35. The lowest BCUT2D eigenvalue weighted by Gasteiger charge is -2.37. The Hall–Kier alpha value is -0.720. The molecule has 0 aromatic heterocycles. The van der Waals surface area contributed by atoms with Crippen molar-refractivity contribution in [1.82, 2.24) is 0 Å². The second-order valence-electron chi connectivity index (χ2n) is 5.46. The van der Waals surface area contributed by atoms with Crippen molar-refractivity contribution in [1.29, 1.82) is 0 Å². The SMILES string of the molecule is C=C(C)C(=O)OC(CC)(C[N+](C)(C)C)OP(=O)(O)O. The van der Waals surface area contributed by atoms with Crippen LogP contribution in [0.4, 0.5) is 0 Å². The molecule has 112 valence electrons. The molecule has 0 aliphatic heterocycles. The number of esters is 1. The van der Waals surface area contributed by atoms with Crippen LogP contribution < -0.4 is 0 Å². The van der Waals surface area contributed by atoms with Gasteiger partial charge in [-0.05, 0) is 6.92 Å². The summed E-state index contributed by atoms with van der Waals surface area (Å²) >= 11 is 0. The normalized spacial score (nSPS) is 15.7. The van der Waals surface area contributed by atoms with Crippen molar-refractivity contribution in [3.8, 4) is 0 Å². The summed E-state index contributed by atoms with van der Waals surface area (Å²) in [5.74, 6) is -2.43. The van der Waals surface area contributed by atoms with Gasteiger partial charge in [-0.1, -0.05) is 13.5 Å². The molecule has 0 aromatic carbocycles. The first-order valence-electron chi connectivity index (χ1n) is 5.76. The molecule has 7 nitrogen and oxygen atoms in total. The van der Waals surface area contributed by atoms with Crippen LogP contribution in [0, 0.1) is 0 Å². The number of hydrogen-bond acceptors (Lipinski definition) is 4. The molecule has 0 aromatic rings. The van der Waals surface area contributed by atoms with E-state index in [2.05, 4.69) is 6.58 Å². The average molecular weight is 296 g/mol. The van der Waals surface area contributed by atoms with Gasteiger partial charge in [-0.3, -0.25) is 0 Å². The topological polar surface area (TPSA) is 93.1 Å². The molecular formula is C11H23NO6P+. The molecule has 0 bridgehead atoms. The average Bonchev–Trinajstić information content (AvgIpc) is 2.11. The van der Waals surface area contributed by atoms with E-state index in [4.69, 9.17) is 19.0 Å². The Morgan fingerprint density at radius 1 is 1.37 bits per heavy atom. The molecule has 19 heavy (non-hydrogen) atoms. The summed E-state index contributed by atoms with van der Waals surface area (Å²) in [6, 6.07) is 0. The summed E-state index contributed by atoms with van der Waals surface area (Å²) in [4.78, 5) is 29.6. The molecular weight excluding hydrogens is 273 g/mol. The highest BCUT2D eigenvalue weighted by Gasteiger charge is 2.45. The quantitative estimate of drug-likeness (QED) is 0.240. The summed E-state index contributed by atoms with van der Waals surface area (Å²) in [5, 5.41) is 0. The van der Waals surface area contributed by atoms with Crippen molar-refractivity contribution >= 4 is 13.8 Å². The van der Waals surface area contributed by atoms with Crippen LogP contribution >= 0.6 is 7.82 Å². The number of likely N-dealkylation sites (N-methyl/N-ethyl adjacent to an activating group) is 1. The second kappa shape index (κ2) is 6.15. The van der Waals surface area contributed by atoms with Gasteiger partial charge in [0.2, 0.25) is 0 Å². The highest BCUT2D eigenvalue weighted by Crippen LogP contribution is 2.43. The van der Waals surface area contributed by atoms with Crippen molar-refractivity contribution in [2.45, 2.75) is 26.1 Å². The lowest BCUT2D eigenvalue weighted by atomic mass is 10.2. The number of nitrogens with zero attached hydrogens (tertiary/aromatic N) is 1. The molecule has 0 rings (SSSR count).